The molecule has 1 amide bonds. The molecule has 0 unspecified atom stereocenters. The second kappa shape index (κ2) is 5.46. The van der Waals surface area contributed by atoms with Crippen molar-refractivity contribution in [3.63, 3.8) is 0 Å². The van der Waals surface area contributed by atoms with E-state index in [0.29, 0.717) is 6.61 Å². The van der Waals surface area contributed by atoms with Gasteiger partial charge in [-0.2, -0.15) is 4.98 Å². The summed E-state index contributed by atoms with van der Waals surface area (Å²) < 4.78 is 5.05. The zero-order valence-electron chi connectivity index (χ0n) is 9.48. The van der Waals surface area contributed by atoms with Crippen LogP contribution in [0, 0.1) is 0 Å². The molecule has 2 aromatic rings. The highest BCUT2D eigenvalue weighted by atomic mass is 35.5. The van der Waals surface area contributed by atoms with Crippen molar-refractivity contribution in [2.45, 2.75) is 6.92 Å². The Balaban J connectivity index is 2.06. The van der Waals surface area contributed by atoms with E-state index in [-0.39, 0.29) is 22.8 Å². The van der Waals surface area contributed by atoms with Crippen LogP contribution in [0.1, 0.15) is 17.4 Å². The SMILES string of the molecule is CCOc1n[nH]c(NC(=O)c2cccc(Cl)n2)n1. The maximum atomic E-state index is 11.8. The molecule has 0 saturated heterocycles. The first kappa shape index (κ1) is 12.3. The summed E-state index contributed by atoms with van der Waals surface area (Å²) in [5, 5.41) is 9.02. The Morgan fingerprint density at radius 2 is 2.33 bits per heavy atom. The molecule has 18 heavy (non-hydrogen) atoms. The van der Waals surface area contributed by atoms with Gasteiger partial charge >= 0.3 is 6.01 Å². The first-order valence-electron chi connectivity index (χ1n) is 5.18. The lowest BCUT2D eigenvalue weighted by molar-refractivity contribution is 0.102. The molecule has 0 spiro atoms. The number of hydrogen-bond donors (Lipinski definition) is 2. The topological polar surface area (TPSA) is 92.8 Å². The summed E-state index contributed by atoms with van der Waals surface area (Å²) >= 11 is 5.69. The fourth-order valence-corrected chi connectivity index (χ4v) is 1.37. The van der Waals surface area contributed by atoms with E-state index >= 15 is 0 Å². The zero-order chi connectivity index (χ0) is 13.0. The first-order chi connectivity index (χ1) is 8.69. The van der Waals surface area contributed by atoms with Gasteiger partial charge in [0.15, 0.2) is 0 Å². The average molecular weight is 268 g/mol. The number of rotatable bonds is 4. The number of halogens is 1. The molecular formula is C10H10ClN5O2. The second-order valence-electron chi connectivity index (χ2n) is 3.20. The normalized spacial score (nSPS) is 10.1. The van der Waals surface area contributed by atoms with E-state index in [9.17, 15) is 4.79 Å². The highest BCUT2D eigenvalue weighted by Gasteiger charge is 2.11. The van der Waals surface area contributed by atoms with Gasteiger partial charge in [0.2, 0.25) is 5.95 Å². The third-order valence-electron chi connectivity index (χ3n) is 1.92. The third-order valence-corrected chi connectivity index (χ3v) is 2.13. The highest BCUT2D eigenvalue weighted by Crippen LogP contribution is 2.09. The van der Waals surface area contributed by atoms with Gasteiger partial charge in [-0.15, -0.1) is 5.10 Å². The van der Waals surface area contributed by atoms with Gasteiger partial charge in [-0.1, -0.05) is 17.7 Å². The van der Waals surface area contributed by atoms with Crippen molar-refractivity contribution < 1.29 is 9.53 Å². The van der Waals surface area contributed by atoms with Crippen LogP contribution in [0.3, 0.4) is 0 Å². The van der Waals surface area contributed by atoms with E-state index in [1.54, 1.807) is 18.2 Å². The number of aromatic nitrogens is 4. The number of H-pyrrole nitrogens is 1. The summed E-state index contributed by atoms with van der Waals surface area (Å²) in [6.07, 6.45) is 0. The van der Waals surface area contributed by atoms with Crippen LogP contribution >= 0.6 is 11.6 Å². The monoisotopic (exact) mass is 267 g/mol. The largest absolute Gasteiger partial charge is 0.463 e. The minimum atomic E-state index is -0.434. The van der Waals surface area contributed by atoms with Crippen molar-refractivity contribution in [3.8, 4) is 6.01 Å². The maximum absolute atomic E-state index is 11.8. The zero-order valence-corrected chi connectivity index (χ0v) is 10.2. The van der Waals surface area contributed by atoms with E-state index < -0.39 is 5.91 Å². The number of nitrogens with zero attached hydrogens (tertiary/aromatic N) is 3. The second-order valence-corrected chi connectivity index (χ2v) is 3.59. The number of hydrogen-bond acceptors (Lipinski definition) is 5. The van der Waals surface area contributed by atoms with Crippen molar-refractivity contribution in [1.82, 2.24) is 20.2 Å². The summed E-state index contributed by atoms with van der Waals surface area (Å²) in [5.41, 5.74) is 0.192. The number of pyridine rings is 1. The summed E-state index contributed by atoms with van der Waals surface area (Å²) in [4.78, 5) is 19.6. The van der Waals surface area contributed by atoms with Crippen LogP contribution in [0.4, 0.5) is 5.95 Å². The molecule has 94 valence electrons. The molecule has 0 saturated carbocycles. The predicted molar refractivity (Wildman–Crippen MR) is 64.8 cm³/mol. The van der Waals surface area contributed by atoms with Crippen LogP contribution in [0.2, 0.25) is 5.15 Å². The minimum Gasteiger partial charge on any atom is -0.463 e. The fourth-order valence-electron chi connectivity index (χ4n) is 1.20. The lowest BCUT2D eigenvalue weighted by Gasteiger charge is -2.00. The molecule has 2 heterocycles. The summed E-state index contributed by atoms with van der Waals surface area (Å²) in [6.45, 7) is 2.26. The Morgan fingerprint density at radius 3 is 3.06 bits per heavy atom. The van der Waals surface area contributed by atoms with Gasteiger partial charge in [-0.3, -0.25) is 10.1 Å². The van der Waals surface area contributed by atoms with Gasteiger partial charge in [-0.05, 0) is 19.1 Å². The van der Waals surface area contributed by atoms with Gasteiger partial charge in [0.1, 0.15) is 10.8 Å². The molecule has 0 aliphatic rings. The van der Waals surface area contributed by atoms with E-state index in [4.69, 9.17) is 16.3 Å². The Bertz CT molecular complexity index is 557. The number of nitrogens with one attached hydrogen (secondary N) is 2. The lowest BCUT2D eigenvalue weighted by atomic mass is 10.3. The van der Waals surface area contributed by atoms with Crippen LogP contribution in [-0.4, -0.2) is 32.7 Å². The molecular weight excluding hydrogens is 258 g/mol. The molecule has 0 bridgehead atoms. The highest BCUT2D eigenvalue weighted by molar-refractivity contribution is 6.29. The molecule has 0 fully saturated rings. The molecule has 0 aromatic carbocycles. The summed E-state index contributed by atoms with van der Waals surface area (Å²) in [6, 6.07) is 4.93. The number of aromatic amines is 1. The smallest absolute Gasteiger partial charge is 0.337 e. The molecule has 7 nitrogen and oxygen atoms in total. The third kappa shape index (κ3) is 2.95. The van der Waals surface area contributed by atoms with Crippen molar-refractivity contribution in [3.05, 3.63) is 29.0 Å². The molecule has 2 N–H and O–H groups in total. The Labute approximate surface area is 108 Å². The quantitative estimate of drug-likeness (QED) is 0.819. The number of carbonyl (C=O) groups excluding carboxylic acids is 1. The van der Waals surface area contributed by atoms with Crippen molar-refractivity contribution in [2.24, 2.45) is 0 Å². The molecule has 0 aliphatic carbocycles. The molecule has 0 aliphatic heterocycles. The van der Waals surface area contributed by atoms with E-state index in [1.165, 1.54) is 0 Å². The van der Waals surface area contributed by atoms with E-state index in [2.05, 4.69) is 25.5 Å². The van der Waals surface area contributed by atoms with Gasteiger partial charge in [0, 0.05) is 0 Å². The number of amides is 1. The number of carbonyl (C=O) groups is 1. The Morgan fingerprint density at radius 1 is 1.50 bits per heavy atom. The predicted octanol–water partition coefficient (Wildman–Crippen LogP) is 1.50. The van der Waals surface area contributed by atoms with Crippen molar-refractivity contribution in [1.29, 1.82) is 0 Å². The van der Waals surface area contributed by atoms with E-state index in [1.807, 2.05) is 6.92 Å². The van der Waals surface area contributed by atoms with Gasteiger partial charge in [0.05, 0.1) is 6.61 Å². The van der Waals surface area contributed by atoms with Crippen LogP contribution in [0.15, 0.2) is 18.2 Å². The standard InChI is InChI=1S/C10H10ClN5O2/c1-2-18-10-14-9(15-16-10)13-8(17)6-4-3-5-7(11)12-6/h3-5H,2H2,1H3,(H2,13,14,15,16,17). The van der Waals surface area contributed by atoms with Gasteiger partial charge < -0.3 is 4.74 Å². The minimum absolute atomic E-state index is 0.173. The number of ether oxygens (including phenoxy) is 1. The Hall–Kier alpha value is -2.15. The number of anilines is 1. The first-order valence-corrected chi connectivity index (χ1v) is 5.56. The van der Waals surface area contributed by atoms with Gasteiger partial charge in [0.25, 0.3) is 5.91 Å². The summed E-state index contributed by atoms with van der Waals surface area (Å²) in [5.74, 6) is -0.248. The fraction of sp³-hybridized carbons (Fsp3) is 0.200. The van der Waals surface area contributed by atoms with Crippen LogP contribution in [0.5, 0.6) is 6.01 Å². The van der Waals surface area contributed by atoms with Crippen molar-refractivity contribution >= 4 is 23.5 Å². The molecule has 8 heteroatoms. The van der Waals surface area contributed by atoms with Crippen LogP contribution in [-0.2, 0) is 0 Å². The van der Waals surface area contributed by atoms with E-state index in [0.717, 1.165) is 0 Å². The van der Waals surface area contributed by atoms with Gasteiger partial charge in [-0.25, -0.2) is 10.1 Å². The Kier molecular flexibility index (Phi) is 3.73. The lowest BCUT2D eigenvalue weighted by Crippen LogP contribution is -2.14. The molecule has 0 atom stereocenters. The van der Waals surface area contributed by atoms with Crippen LogP contribution < -0.4 is 10.1 Å². The van der Waals surface area contributed by atoms with Crippen LogP contribution in [0.25, 0.3) is 0 Å². The maximum Gasteiger partial charge on any atom is 0.337 e. The molecule has 2 rings (SSSR count). The molecule has 2 aromatic heterocycles. The summed E-state index contributed by atoms with van der Waals surface area (Å²) in [7, 11) is 0. The van der Waals surface area contributed by atoms with Crippen molar-refractivity contribution in [2.75, 3.05) is 11.9 Å². The average Bonchev–Trinajstić information content (AvgIpc) is 2.77. The molecule has 0 radical (unpaired) electrons.